The fourth-order valence-electron chi connectivity index (χ4n) is 3.04. The van der Waals surface area contributed by atoms with Crippen LogP contribution in [0, 0.1) is 0 Å². The lowest BCUT2D eigenvalue weighted by atomic mass is 10.0. The van der Waals surface area contributed by atoms with Gasteiger partial charge >= 0.3 is 0 Å². The van der Waals surface area contributed by atoms with E-state index in [1.807, 2.05) is 12.1 Å². The van der Waals surface area contributed by atoms with E-state index in [1.165, 1.54) is 0 Å². The summed E-state index contributed by atoms with van der Waals surface area (Å²) in [5.74, 6) is 0.688. The highest BCUT2D eigenvalue weighted by molar-refractivity contribution is 6.09. The summed E-state index contributed by atoms with van der Waals surface area (Å²) in [6.45, 7) is 5.48. The number of ketones is 1. The lowest BCUT2D eigenvalue weighted by Crippen LogP contribution is -2.36. The number of hydrogen-bond acceptors (Lipinski definition) is 6. The standard InChI is InChI=1S/C21H27N3O3/c22-19-8-5-17(15-20(19)23)21(25)16-3-6-18(7-4-16)27-12-2-1-9-24-10-13-26-14-11-24/h3-8,15H,1-2,9-14,22-23H2. The Morgan fingerprint density at radius 3 is 2.37 bits per heavy atom. The van der Waals surface area contributed by atoms with Gasteiger partial charge in [0.1, 0.15) is 5.75 Å². The third kappa shape index (κ3) is 5.45. The van der Waals surface area contributed by atoms with Crippen LogP contribution in [0.5, 0.6) is 5.75 Å². The Bertz CT molecular complexity index is 756. The molecule has 0 aliphatic carbocycles. The summed E-state index contributed by atoms with van der Waals surface area (Å²) in [5.41, 5.74) is 13.5. The number of rotatable bonds is 8. The molecule has 6 nitrogen and oxygen atoms in total. The summed E-state index contributed by atoms with van der Waals surface area (Å²) in [4.78, 5) is 14.9. The molecule has 0 bridgehead atoms. The first kappa shape index (κ1) is 19.2. The number of unbranched alkanes of at least 4 members (excludes halogenated alkanes) is 1. The molecule has 0 atom stereocenters. The number of nitrogens with zero attached hydrogens (tertiary/aromatic N) is 1. The first-order valence-electron chi connectivity index (χ1n) is 9.36. The van der Waals surface area contributed by atoms with Gasteiger partial charge in [0.15, 0.2) is 5.78 Å². The topological polar surface area (TPSA) is 90.8 Å². The fraction of sp³-hybridized carbons (Fsp3) is 0.381. The van der Waals surface area contributed by atoms with Crippen molar-refractivity contribution in [2.75, 3.05) is 50.9 Å². The van der Waals surface area contributed by atoms with E-state index in [1.54, 1.807) is 30.3 Å². The number of morpholine rings is 1. The number of anilines is 2. The van der Waals surface area contributed by atoms with Crippen LogP contribution in [0.25, 0.3) is 0 Å². The molecule has 0 aromatic heterocycles. The summed E-state index contributed by atoms with van der Waals surface area (Å²) in [5, 5.41) is 0. The number of carbonyl (C=O) groups is 1. The maximum absolute atomic E-state index is 12.5. The molecule has 3 rings (SSSR count). The normalized spacial score (nSPS) is 14.8. The minimum Gasteiger partial charge on any atom is -0.494 e. The zero-order chi connectivity index (χ0) is 19.1. The largest absolute Gasteiger partial charge is 0.494 e. The Kier molecular flexibility index (Phi) is 6.68. The monoisotopic (exact) mass is 369 g/mol. The molecule has 1 aliphatic rings. The molecule has 6 heteroatoms. The average Bonchev–Trinajstić information content (AvgIpc) is 2.70. The highest BCUT2D eigenvalue weighted by atomic mass is 16.5. The molecule has 1 heterocycles. The van der Waals surface area contributed by atoms with Crippen molar-refractivity contribution in [2.24, 2.45) is 0 Å². The molecule has 1 aliphatic heterocycles. The van der Waals surface area contributed by atoms with E-state index in [0.29, 0.717) is 29.1 Å². The Hall–Kier alpha value is -2.57. The van der Waals surface area contributed by atoms with Crippen molar-refractivity contribution in [1.29, 1.82) is 0 Å². The van der Waals surface area contributed by atoms with Crippen LogP contribution in [-0.4, -0.2) is 50.1 Å². The van der Waals surface area contributed by atoms with Crippen molar-refractivity contribution in [2.45, 2.75) is 12.8 Å². The summed E-state index contributed by atoms with van der Waals surface area (Å²) in [7, 11) is 0. The molecule has 4 N–H and O–H groups in total. The molecule has 0 spiro atoms. The van der Waals surface area contributed by atoms with Crippen LogP contribution in [0.1, 0.15) is 28.8 Å². The third-order valence-corrected chi connectivity index (χ3v) is 4.71. The van der Waals surface area contributed by atoms with Gasteiger partial charge in [-0.05, 0) is 61.9 Å². The molecular formula is C21H27N3O3. The van der Waals surface area contributed by atoms with Gasteiger partial charge in [0.05, 0.1) is 31.2 Å². The van der Waals surface area contributed by atoms with Crippen molar-refractivity contribution in [3.05, 3.63) is 53.6 Å². The Morgan fingerprint density at radius 2 is 1.67 bits per heavy atom. The number of hydrogen-bond donors (Lipinski definition) is 2. The Labute approximate surface area is 160 Å². The van der Waals surface area contributed by atoms with Crippen molar-refractivity contribution in [3.63, 3.8) is 0 Å². The minimum atomic E-state index is -0.0845. The van der Waals surface area contributed by atoms with E-state index in [2.05, 4.69) is 4.90 Å². The summed E-state index contributed by atoms with van der Waals surface area (Å²) >= 11 is 0. The van der Waals surface area contributed by atoms with Gasteiger partial charge in [-0.15, -0.1) is 0 Å². The van der Waals surface area contributed by atoms with E-state index in [-0.39, 0.29) is 5.78 Å². The maximum Gasteiger partial charge on any atom is 0.193 e. The van der Waals surface area contributed by atoms with Crippen LogP contribution in [-0.2, 0) is 4.74 Å². The number of ether oxygens (including phenoxy) is 2. The number of nitrogen functional groups attached to an aromatic ring is 2. The third-order valence-electron chi connectivity index (χ3n) is 4.71. The van der Waals surface area contributed by atoms with Crippen molar-refractivity contribution >= 4 is 17.2 Å². The van der Waals surface area contributed by atoms with E-state index in [4.69, 9.17) is 20.9 Å². The summed E-state index contributed by atoms with van der Waals surface area (Å²) in [6.07, 6.45) is 2.11. The lowest BCUT2D eigenvalue weighted by Gasteiger charge is -2.26. The molecule has 0 unspecified atom stereocenters. The highest BCUT2D eigenvalue weighted by Crippen LogP contribution is 2.20. The summed E-state index contributed by atoms with van der Waals surface area (Å²) in [6, 6.07) is 12.2. The Morgan fingerprint density at radius 1 is 0.963 bits per heavy atom. The fourth-order valence-corrected chi connectivity index (χ4v) is 3.04. The van der Waals surface area contributed by atoms with Crippen LogP contribution >= 0.6 is 0 Å². The quantitative estimate of drug-likeness (QED) is 0.422. The van der Waals surface area contributed by atoms with Crippen LogP contribution in [0.2, 0.25) is 0 Å². The molecule has 0 radical (unpaired) electrons. The van der Waals surface area contributed by atoms with Gasteiger partial charge < -0.3 is 20.9 Å². The van der Waals surface area contributed by atoms with Gasteiger partial charge in [0.25, 0.3) is 0 Å². The molecule has 0 amide bonds. The molecule has 0 saturated carbocycles. The van der Waals surface area contributed by atoms with Crippen molar-refractivity contribution in [1.82, 2.24) is 4.90 Å². The summed E-state index contributed by atoms with van der Waals surface area (Å²) < 4.78 is 11.1. The zero-order valence-electron chi connectivity index (χ0n) is 15.5. The van der Waals surface area contributed by atoms with Crippen molar-refractivity contribution in [3.8, 4) is 5.75 Å². The second-order valence-corrected chi connectivity index (χ2v) is 6.71. The van der Waals surface area contributed by atoms with Crippen molar-refractivity contribution < 1.29 is 14.3 Å². The minimum absolute atomic E-state index is 0.0845. The van der Waals surface area contributed by atoms with E-state index in [0.717, 1.165) is 51.4 Å². The maximum atomic E-state index is 12.5. The van der Waals surface area contributed by atoms with Gasteiger partial charge in [0, 0.05) is 24.2 Å². The van der Waals surface area contributed by atoms with Crippen LogP contribution in [0.3, 0.4) is 0 Å². The highest BCUT2D eigenvalue weighted by Gasteiger charge is 2.11. The molecule has 27 heavy (non-hydrogen) atoms. The second-order valence-electron chi connectivity index (χ2n) is 6.71. The van der Waals surface area contributed by atoms with Gasteiger partial charge in [-0.3, -0.25) is 9.69 Å². The number of carbonyl (C=O) groups excluding carboxylic acids is 1. The lowest BCUT2D eigenvalue weighted by molar-refractivity contribution is 0.0368. The molecular weight excluding hydrogens is 342 g/mol. The van der Waals surface area contributed by atoms with Gasteiger partial charge in [-0.25, -0.2) is 0 Å². The second kappa shape index (κ2) is 9.39. The van der Waals surface area contributed by atoms with Gasteiger partial charge in [0.2, 0.25) is 0 Å². The van der Waals surface area contributed by atoms with Crippen LogP contribution in [0.4, 0.5) is 11.4 Å². The van der Waals surface area contributed by atoms with E-state index in [9.17, 15) is 4.79 Å². The molecule has 1 saturated heterocycles. The van der Waals surface area contributed by atoms with Crippen LogP contribution < -0.4 is 16.2 Å². The number of nitrogens with two attached hydrogens (primary N) is 2. The Balaban J connectivity index is 1.44. The molecule has 144 valence electrons. The van der Waals surface area contributed by atoms with Crippen LogP contribution in [0.15, 0.2) is 42.5 Å². The first-order chi connectivity index (χ1) is 13.1. The van der Waals surface area contributed by atoms with Gasteiger partial charge in [-0.2, -0.15) is 0 Å². The van der Waals surface area contributed by atoms with E-state index < -0.39 is 0 Å². The van der Waals surface area contributed by atoms with E-state index >= 15 is 0 Å². The number of benzene rings is 2. The molecule has 2 aromatic rings. The zero-order valence-corrected chi connectivity index (χ0v) is 15.5. The average molecular weight is 369 g/mol. The van der Waals surface area contributed by atoms with Gasteiger partial charge in [-0.1, -0.05) is 0 Å². The predicted molar refractivity (Wildman–Crippen MR) is 107 cm³/mol. The predicted octanol–water partition coefficient (Wildman–Crippen LogP) is 2.57. The smallest absolute Gasteiger partial charge is 0.193 e. The first-order valence-corrected chi connectivity index (χ1v) is 9.36. The molecule has 1 fully saturated rings. The molecule has 2 aromatic carbocycles. The SMILES string of the molecule is Nc1ccc(C(=O)c2ccc(OCCCCN3CCOCC3)cc2)cc1N.